The Labute approximate surface area is 164 Å². The molecule has 2 saturated heterocycles. The highest BCUT2D eigenvalue weighted by Crippen LogP contribution is 2.36. The standard InChI is InChI=1S/C21H29FN2O4/c1-20(2,24-10-3-4-11-24)18(26)23-12-9-17(25)21(14-23,19(27)28)13-15-5-7-16(22)8-6-15/h5-8,17,25H,3-4,9-14H2,1-2H3,(H,27,28)/t17-,21+/m0/s1. The van der Waals surface area contributed by atoms with Crippen molar-refractivity contribution in [2.24, 2.45) is 5.41 Å². The van der Waals surface area contributed by atoms with Gasteiger partial charge in [-0.05, 0) is 70.3 Å². The van der Waals surface area contributed by atoms with E-state index in [1.54, 1.807) is 4.90 Å². The molecule has 0 aliphatic carbocycles. The molecule has 3 rings (SSSR count). The summed E-state index contributed by atoms with van der Waals surface area (Å²) in [6.45, 7) is 5.75. The normalized spacial score (nSPS) is 26.4. The zero-order valence-electron chi connectivity index (χ0n) is 16.5. The van der Waals surface area contributed by atoms with Gasteiger partial charge >= 0.3 is 5.97 Å². The van der Waals surface area contributed by atoms with E-state index in [4.69, 9.17) is 0 Å². The highest BCUT2D eigenvalue weighted by Gasteiger charge is 2.52. The molecule has 2 fully saturated rings. The van der Waals surface area contributed by atoms with Crippen LogP contribution in [0.2, 0.25) is 0 Å². The van der Waals surface area contributed by atoms with E-state index in [-0.39, 0.29) is 25.3 Å². The van der Waals surface area contributed by atoms with Gasteiger partial charge in [-0.3, -0.25) is 14.5 Å². The smallest absolute Gasteiger partial charge is 0.314 e. The summed E-state index contributed by atoms with van der Waals surface area (Å²) in [4.78, 5) is 29.3. The van der Waals surface area contributed by atoms with Crippen LogP contribution in [0.1, 0.15) is 38.7 Å². The van der Waals surface area contributed by atoms with Crippen molar-refractivity contribution in [2.45, 2.75) is 51.2 Å². The monoisotopic (exact) mass is 392 g/mol. The number of carbonyl (C=O) groups is 2. The van der Waals surface area contributed by atoms with Crippen molar-refractivity contribution < 1.29 is 24.2 Å². The summed E-state index contributed by atoms with van der Waals surface area (Å²) in [5, 5.41) is 20.6. The first-order valence-corrected chi connectivity index (χ1v) is 9.87. The van der Waals surface area contributed by atoms with Crippen molar-refractivity contribution in [3.63, 3.8) is 0 Å². The first-order chi connectivity index (χ1) is 13.2. The van der Waals surface area contributed by atoms with Crippen LogP contribution in [0.15, 0.2) is 24.3 Å². The quantitative estimate of drug-likeness (QED) is 0.800. The van der Waals surface area contributed by atoms with Crippen molar-refractivity contribution in [1.82, 2.24) is 9.80 Å². The summed E-state index contributed by atoms with van der Waals surface area (Å²) in [6.07, 6.45) is 1.28. The Kier molecular flexibility index (Phi) is 5.77. The zero-order chi connectivity index (χ0) is 20.5. The maximum absolute atomic E-state index is 13.3. The molecular formula is C21H29FN2O4. The molecule has 1 aromatic rings. The number of halogens is 1. The fourth-order valence-corrected chi connectivity index (χ4v) is 4.48. The number of carbonyl (C=O) groups excluding carboxylic acids is 1. The number of carboxylic acids is 1. The number of benzene rings is 1. The molecule has 1 aromatic carbocycles. The van der Waals surface area contributed by atoms with E-state index >= 15 is 0 Å². The number of hydrogen-bond acceptors (Lipinski definition) is 4. The Morgan fingerprint density at radius 2 is 1.79 bits per heavy atom. The molecular weight excluding hydrogens is 363 g/mol. The molecule has 28 heavy (non-hydrogen) atoms. The lowest BCUT2D eigenvalue weighted by Crippen LogP contribution is -2.63. The molecule has 0 aromatic heterocycles. The van der Waals surface area contributed by atoms with Gasteiger partial charge in [0.25, 0.3) is 0 Å². The molecule has 0 spiro atoms. The number of aliphatic carboxylic acids is 1. The van der Waals surface area contributed by atoms with Crippen LogP contribution < -0.4 is 0 Å². The molecule has 1 amide bonds. The summed E-state index contributed by atoms with van der Waals surface area (Å²) < 4.78 is 13.2. The van der Waals surface area contributed by atoms with Gasteiger partial charge in [-0.25, -0.2) is 4.39 Å². The molecule has 2 N–H and O–H groups in total. The number of nitrogens with zero attached hydrogens (tertiary/aromatic N) is 2. The summed E-state index contributed by atoms with van der Waals surface area (Å²) in [6, 6.07) is 5.61. The predicted octanol–water partition coefficient (Wildman–Crippen LogP) is 1.91. The first kappa shape index (κ1) is 20.7. The Hall–Kier alpha value is -1.99. The van der Waals surface area contributed by atoms with Gasteiger partial charge in [-0.2, -0.15) is 0 Å². The van der Waals surface area contributed by atoms with Crippen LogP contribution in [0.3, 0.4) is 0 Å². The highest BCUT2D eigenvalue weighted by atomic mass is 19.1. The van der Waals surface area contributed by atoms with E-state index in [0.29, 0.717) is 12.1 Å². The Morgan fingerprint density at radius 3 is 2.36 bits per heavy atom. The molecule has 2 heterocycles. The number of hydrogen-bond donors (Lipinski definition) is 2. The topological polar surface area (TPSA) is 81.1 Å². The minimum absolute atomic E-state index is 0.0394. The molecule has 0 bridgehead atoms. The minimum Gasteiger partial charge on any atom is -0.481 e. The summed E-state index contributed by atoms with van der Waals surface area (Å²) in [5.74, 6) is -1.65. The third kappa shape index (κ3) is 3.78. The van der Waals surface area contributed by atoms with Crippen LogP contribution in [0.5, 0.6) is 0 Å². The van der Waals surface area contributed by atoms with Gasteiger partial charge in [0.1, 0.15) is 11.2 Å². The molecule has 2 aliphatic rings. The molecule has 0 unspecified atom stereocenters. The lowest BCUT2D eigenvalue weighted by Gasteiger charge is -2.46. The van der Waals surface area contributed by atoms with Gasteiger partial charge < -0.3 is 15.1 Å². The number of carboxylic acid groups (broad SMARTS) is 1. The molecule has 2 atom stereocenters. The molecule has 154 valence electrons. The maximum atomic E-state index is 13.3. The Balaban J connectivity index is 1.85. The van der Waals surface area contributed by atoms with Gasteiger partial charge in [0, 0.05) is 13.1 Å². The van der Waals surface area contributed by atoms with Crippen molar-refractivity contribution in [3.8, 4) is 0 Å². The average molecular weight is 392 g/mol. The summed E-state index contributed by atoms with van der Waals surface area (Å²) >= 11 is 0. The number of piperidine rings is 1. The fourth-order valence-electron chi connectivity index (χ4n) is 4.48. The lowest BCUT2D eigenvalue weighted by molar-refractivity contribution is -0.168. The van der Waals surface area contributed by atoms with E-state index in [0.717, 1.165) is 25.9 Å². The number of rotatable bonds is 5. The second-order valence-corrected chi connectivity index (χ2v) is 8.55. The number of amides is 1. The van der Waals surface area contributed by atoms with Gasteiger partial charge in [0.15, 0.2) is 0 Å². The second-order valence-electron chi connectivity index (χ2n) is 8.55. The predicted molar refractivity (Wildman–Crippen MR) is 102 cm³/mol. The van der Waals surface area contributed by atoms with E-state index < -0.39 is 28.8 Å². The fraction of sp³-hybridized carbons (Fsp3) is 0.619. The van der Waals surface area contributed by atoms with Crippen molar-refractivity contribution >= 4 is 11.9 Å². The highest BCUT2D eigenvalue weighted by molar-refractivity contribution is 5.87. The van der Waals surface area contributed by atoms with Crippen molar-refractivity contribution in [3.05, 3.63) is 35.6 Å². The lowest BCUT2D eigenvalue weighted by atomic mass is 9.72. The van der Waals surface area contributed by atoms with Gasteiger partial charge in [0.05, 0.1) is 11.6 Å². The average Bonchev–Trinajstić information content (AvgIpc) is 3.20. The van der Waals surface area contributed by atoms with Gasteiger partial charge in [-0.1, -0.05) is 12.1 Å². The van der Waals surface area contributed by atoms with E-state index in [1.807, 2.05) is 13.8 Å². The van der Waals surface area contributed by atoms with E-state index in [1.165, 1.54) is 24.3 Å². The first-order valence-electron chi connectivity index (χ1n) is 9.87. The number of aliphatic hydroxyl groups excluding tert-OH is 1. The second kappa shape index (κ2) is 7.79. The molecule has 0 radical (unpaired) electrons. The SMILES string of the molecule is CC(C)(C(=O)N1CC[C@H](O)[C@](Cc2ccc(F)cc2)(C(=O)O)C1)N1CCCC1. The molecule has 0 saturated carbocycles. The number of likely N-dealkylation sites (tertiary alicyclic amines) is 2. The summed E-state index contributed by atoms with van der Waals surface area (Å²) in [7, 11) is 0. The Morgan fingerprint density at radius 1 is 1.18 bits per heavy atom. The van der Waals surface area contributed by atoms with Crippen LogP contribution in [0, 0.1) is 11.2 Å². The van der Waals surface area contributed by atoms with Crippen LogP contribution >= 0.6 is 0 Å². The third-order valence-electron chi connectivity index (χ3n) is 6.35. The summed E-state index contributed by atoms with van der Waals surface area (Å²) in [5.41, 5.74) is -1.60. The molecule has 2 aliphatic heterocycles. The largest absolute Gasteiger partial charge is 0.481 e. The molecule has 7 heteroatoms. The van der Waals surface area contributed by atoms with Gasteiger partial charge in [0.2, 0.25) is 5.91 Å². The van der Waals surface area contributed by atoms with Gasteiger partial charge in [-0.15, -0.1) is 0 Å². The van der Waals surface area contributed by atoms with Crippen LogP contribution in [-0.4, -0.2) is 69.7 Å². The van der Waals surface area contributed by atoms with E-state index in [9.17, 15) is 24.2 Å². The number of aliphatic hydroxyl groups is 1. The molecule has 6 nitrogen and oxygen atoms in total. The van der Waals surface area contributed by atoms with Crippen LogP contribution in [-0.2, 0) is 16.0 Å². The van der Waals surface area contributed by atoms with E-state index in [2.05, 4.69) is 4.90 Å². The third-order valence-corrected chi connectivity index (χ3v) is 6.35. The van der Waals surface area contributed by atoms with Crippen LogP contribution in [0.25, 0.3) is 0 Å². The zero-order valence-corrected chi connectivity index (χ0v) is 16.5. The van der Waals surface area contributed by atoms with Crippen molar-refractivity contribution in [1.29, 1.82) is 0 Å². The Bertz CT molecular complexity index is 730. The van der Waals surface area contributed by atoms with Crippen molar-refractivity contribution in [2.75, 3.05) is 26.2 Å². The van der Waals surface area contributed by atoms with Crippen LogP contribution in [0.4, 0.5) is 4.39 Å². The maximum Gasteiger partial charge on any atom is 0.314 e. The minimum atomic E-state index is -1.51.